The molecule has 1 aliphatic rings. The quantitative estimate of drug-likeness (QED) is 0.676. The monoisotopic (exact) mass is 226 g/mol. The van der Waals surface area contributed by atoms with Gasteiger partial charge >= 0.3 is 0 Å². The molecular formula is C14H30N2. The second kappa shape index (κ2) is 8.08. The van der Waals surface area contributed by atoms with Crippen molar-refractivity contribution in [3.8, 4) is 0 Å². The van der Waals surface area contributed by atoms with Crippen LogP contribution in [0.5, 0.6) is 0 Å². The predicted octanol–water partition coefficient (Wildman–Crippen LogP) is 3.16. The number of hydrogen-bond acceptors (Lipinski definition) is 2. The van der Waals surface area contributed by atoms with E-state index in [0.717, 1.165) is 12.6 Å². The van der Waals surface area contributed by atoms with Crippen LogP contribution in [-0.4, -0.2) is 30.1 Å². The summed E-state index contributed by atoms with van der Waals surface area (Å²) in [5, 5.41) is 0. The minimum Gasteiger partial charge on any atom is -0.329 e. The maximum absolute atomic E-state index is 5.94. The largest absolute Gasteiger partial charge is 0.329 e. The fraction of sp³-hybridized carbons (Fsp3) is 1.00. The lowest BCUT2D eigenvalue weighted by atomic mass is 9.98. The van der Waals surface area contributed by atoms with E-state index in [4.69, 9.17) is 5.73 Å². The van der Waals surface area contributed by atoms with Crippen LogP contribution in [-0.2, 0) is 0 Å². The van der Waals surface area contributed by atoms with Gasteiger partial charge in [0.25, 0.3) is 0 Å². The third-order valence-corrected chi connectivity index (χ3v) is 3.99. The van der Waals surface area contributed by atoms with Crippen LogP contribution >= 0.6 is 0 Å². The molecule has 1 rings (SSSR count). The zero-order chi connectivity index (χ0) is 11.8. The van der Waals surface area contributed by atoms with Gasteiger partial charge in [0.2, 0.25) is 0 Å². The standard InChI is InChI=1S/C14H30N2/c1-3-4-5-6-10-14(12-15)16-11-8-7-9-13(16)2/h13-14H,3-12,15H2,1-2H3. The Bertz CT molecular complexity index is 170. The summed E-state index contributed by atoms with van der Waals surface area (Å²) in [5.41, 5.74) is 5.94. The summed E-state index contributed by atoms with van der Waals surface area (Å²) in [6.45, 7) is 6.76. The van der Waals surface area contributed by atoms with E-state index in [0.29, 0.717) is 6.04 Å². The first kappa shape index (κ1) is 14.0. The summed E-state index contributed by atoms with van der Waals surface area (Å²) >= 11 is 0. The molecular weight excluding hydrogens is 196 g/mol. The second-order valence-electron chi connectivity index (χ2n) is 5.32. The fourth-order valence-corrected chi connectivity index (χ4v) is 2.89. The predicted molar refractivity (Wildman–Crippen MR) is 71.6 cm³/mol. The Labute approximate surface area is 102 Å². The number of likely N-dealkylation sites (tertiary alicyclic amines) is 1. The van der Waals surface area contributed by atoms with Crippen LogP contribution < -0.4 is 5.73 Å². The molecule has 2 atom stereocenters. The summed E-state index contributed by atoms with van der Waals surface area (Å²) in [6, 6.07) is 1.40. The number of unbranched alkanes of at least 4 members (excludes halogenated alkanes) is 3. The van der Waals surface area contributed by atoms with Crippen LogP contribution in [0.1, 0.15) is 65.2 Å². The SMILES string of the molecule is CCCCCCC(CN)N1CCCCC1C. The maximum atomic E-state index is 5.94. The molecule has 1 fully saturated rings. The van der Waals surface area contributed by atoms with Crippen molar-refractivity contribution in [2.75, 3.05) is 13.1 Å². The summed E-state index contributed by atoms with van der Waals surface area (Å²) in [7, 11) is 0. The third kappa shape index (κ3) is 4.42. The zero-order valence-corrected chi connectivity index (χ0v) is 11.3. The topological polar surface area (TPSA) is 29.3 Å². The molecule has 1 aliphatic heterocycles. The average molecular weight is 226 g/mol. The summed E-state index contributed by atoms with van der Waals surface area (Å²) in [6.07, 6.45) is 10.9. The van der Waals surface area contributed by atoms with Gasteiger partial charge in [0, 0.05) is 18.6 Å². The Morgan fingerprint density at radius 3 is 2.69 bits per heavy atom. The number of hydrogen-bond donors (Lipinski definition) is 1. The Kier molecular flexibility index (Phi) is 7.06. The van der Waals surface area contributed by atoms with E-state index in [9.17, 15) is 0 Å². The molecule has 0 aromatic rings. The summed E-state index contributed by atoms with van der Waals surface area (Å²) < 4.78 is 0. The fourth-order valence-electron chi connectivity index (χ4n) is 2.89. The average Bonchev–Trinajstić information content (AvgIpc) is 2.31. The number of nitrogens with two attached hydrogens (primary N) is 1. The molecule has 0 bridgehead atoms. The molecule has 2 heteroatoms. The first-order valence-corrected chi connectivity index (χ1v) is 7.25. The lowest BCUT2D eigenvalue weighted by Crippen LogP contribution is -2.48. The molecule has 2 unspecified atom stereocenters. The summed E-state index contributed by atoms with van der Waals surface area (Å²) in [5.74, 6) is 0. The Morgan fingerprint density at radius 2 is 2.06 bits per heavy atom. The van der Waals surface area contributed by atoms with Gasteiger partial charge in [-0.15, -0.1) is 0 Å². The highest BCUT2D eigenvalue weighted by atomic mass is 15.2. The van der Waals surface area contributed by atoms with Crippen LogP contribution in [0.15, 0.2) is 0 Å². The molecule has 1 heterocycles. The van der Waals surface area contributed by atoms with Gasteiger partial charge < -0.3 is 5.73 Å². The molecule has 0 spiro atoms. The van der Waals surface area contributed by atoms with Crippen molar-refractivity contribution in [3.05, 3.63) is 0 Å². The molecule has 16 heavy (non-hydrogen) atoms. The van der Waals surface area contributed by atoms with E-state index in [1.165, 1.54) is 57.9 Å². The highest BCUT2D eigenvalue weighted by molar-refractivity contribution is 4.81. The number of nitrogens with zero attached hydrogens (tertiary/aromatic N) is 1. The lowest BCUT2D eigenvalue weighted by molar-refractivity contribution is 0.102. The number of piperidine rings is 1. The van der Waals surface area contributed by atoms with Crippen LogP contribution in [0.25, 0.3) is 0 Å². The zero-order valence-electron chi connectivity index (χ0n) is 11.3. The molecule has 2 nitrogen and oxygen atoms in total. The van der Waals surface area contributed by atoms with Crippen LogP contribution in [0.4, 0.5) is 0 Å². The van der Waals surface area contributed by atoms with E-state index in [-0.39, 0.29) is 0 Å². The van der Waals surface area contributed by atoms with E-state index in [2.05, 4.69) is 18.7 Å². The highest BCUT2D eigenvalue weighted by Crippen LogP contribution is 2.21. The van der Waals surface area contributed by atoms with Crippen LogP contribution in [0.2, 0.25) is 0 Å². The van der Waals surface area contributed by atoms with Gasteiger partial charge in [-0.25, -0.2) is 0 Å². The van der Waals surface area contributed by atoms with Crippen molar-refractivity contribution >= 4 is 0 Å². The second-order valence-corrected chi connectivity index (χ2v) is 5.32. The normalized spacial score (nSPS) is 24.6. The molecule has 0 aromatic heterocycles. The lowest BCUT2D eigenvalue weighted by Gasteiger charge is -2.39. The molecule has 0 radical (unpaired) electrons. The van der Waals surface area contributed by atoms with Gasteiger partial charge in [-0.2, -0.15) is 0 Å². The molecule has 0 saturated carbocycles. The minimum atomic E-state index is 0.646. The molecule has 2 N–H and O–H groups in total. The first-order valence-electron chi connectivity index (χ1n) is 7.25. The smallest absolute Gasteiger partial charge is 0.0221 e. The number of rotatable bonds is 7. The van der Waals surface area contributed by atoms with Gasteiger partial charge in [-0.1, -0.05) is 39.0 Å². The molecule has 1 saturated heterocycles. The molecule has 96 valence electrons. The van der Waals surface area contributed by atoms with Gasteiger partial charge in [0.15, 0.2) is 0 Å². The van der Waals surface area contributed by atoms with E-state index >= 15 is 0 Å². The van der Waals surface area contributed by atoms with Crippen LogP contribution in [0.3, 0.4) is 0 Å². The van der Waals surface area contributed by atoms with E-state index in [1.54, 1.807) is 0 Å². The van der Waals surface area contributed by atoms with Crippen molar-refractivity contribution < 1.29 is 0 Å². The molecule has 0 amide bonds. The van der Waals surface area contributed by atoms with Gasteiger partial charge in [-0.05, 0) is 32.7 Å². The Hall–Kier alpha value is -0.0800. The third-order valence-electron chi connectivity index (χ3n) is 3.99. The highest BCUT2D eigenvalue weighted by Gasteiger charge is 2.24. The van der Waals surface area contributed by atoms with E-state index < -0.39 is 0 Å². The van der Waals surface area contributed by atoms with Crippen molar-refractivity contribution in [1.29, 1.82) is 0 Å². The van der Waals surface area contributed by atoms with Gasteiger partial charge in [0.05, 0.1) is 0 Å². The first-order chi connectivity index (χ1) is 7.79. The van der Waals surface area contributed by atoms with Gasteiger partial charge in [-0.3, -0.25) is 4.90 Å². The Balaban J connectivity index is 2.28. The Morgan fingerprint density at radius 1 is 1.25 bits per heavy atom. The van der Waals surface area contributed by atoms with Crippen molar-refractivity contribution in [1.82, 2.24) is 4.90 Å². The summed E-state index contributed by atoms with van der Waals surface area (Å²) in [4.78, 5) is 2.66. The molecule has 0 aliphatic carbocycles. The maximum Gasteiger partial charge on any atom is 0.0221 e. The van der Waals surface area contributed by atoms with E-state index in [1.807, 2.05) is 0 Å². The molecule has 0 aromatic carbocycles. The van der Waals surface area contributed by atoms with Crippen LogP contribution in [0, 0.1) is 0 Å². The van der Waals surface area contributed by atoms with Crippen molar-refractivity contribution in [3.63, 3.8) is 0 Å². The van der Waals surface area contributed by atoms with Gasteiger partial charge in [0.1, 0.15) is 0 Å². The van der Waals surface area contributed by atoms with Crippen molar-refractivity contribution in [2.45, 2.75) is 77.3 Å². The minimum absolute atomic E-state index is 0.646. The van der Waals surface area contributed by atoms with Crippen molar-refractivity contribution in [2.24, 2.45) is 5.73 Å².